The van der Waals surface area contributed by atoms with Gasteiger partial charge in [-0.1, -0.05) is 24.1 Å². The van der Waals surface area contributed by atoms with Crippen molar-refractivity contribution in [1.29, 1.82) is 0 Å². The number of alkyl halides is 1. The number of benzene rings is 1. The number of terminal acetylenes is 1. The molecule has 0 N–H and O–H groups in total. The molecule has 0 aliphatic carbocycles. The van der Waals surface area contributed by atoms with Crippen LogP contribution < -0.4 is 5.06 Å². The predicted octanol–water partition coefficient (Wildman–Crippen LogP) is 2.98. The summed E-state index contributed by atoms with van der Waals surface area (Å²) in [6.07, 6.45) is 4.62. The van der Waals surface area contributed by atoms with Crippen LogP contribution in [0.5, 0.6) is 0 Å². The van der Waals surface area contributed by atoms with Gasteiger partial charge in [0.15, 0.2) is 4.11 Å². The molecule has 90 valence electrons. The molecule has 0 aliphatic heterocycles. The zero-order chi connectivity index (χ0) is 12.7. The van der Waals surface area contributed by atoms with Crippen molar-refractivity contribution in [2.75, 3.05) is 11.7 Å². The van der Waals surface area contributed by atoms with Gasteiger partial charge in [0.25, 0.3) is 0 Å². The van der Waals surface area contributed by atoms with Crippen molar-refractivity contribution >= 4 is 34.4 Å². The Morgan fingerprint density at radius 1 is 1.53 bits per heavy atom. The lowest BCUT2D eigenvalue weighted by molar-refractivity contribution is 0.0867. The van der Waals surface area contributed by atoms with Crippen LogP contribution in [0.1, 0.15) is 6.92 Å². The number of nitrogens with zero attached hydrogens (tertiary/aromatic N) is 1. The highest BCUT2D eigenvalue weighted by Crippen LogP contribution is 2.18. The summed E-state index contributed by atoms with van der Waals surface area (Å²) in [5, 5.41) is 1.06. The Bertz CT molecular complexity index is 402. The van der Waals surface area contributed by atoms with Crippen molar-refractivity contribution in [1.82, 2.24) is 0 Å². The fraction of sp³-hybridized carbons (Fsp3) is 0.250. The van der Waals surface area contributed by atoms with Crippen LogP contribution in [0.25, 0.3) is 0 Å². The summed E-state index contributed by atoms with van der Waals surface area (Å²) in [6.45, 7) is 2.00. The monoisotopic (exact) mass is 345 g/mol. The highest BCUT2D eigenvalue weighted by molar-refractivity contribution is 14.1. The highest BCUT2D eigenvalue weighted by atomic mass is 127. The quantitative estimate of drug-likeness (QED) is 0.365. The number of carbonyl (C=O) groups is 1. The zero-order valence-electron chi connectivity index (χ0n) is 9.30. The summed E-state index contributed by atoms with van der Waals surface area (Å²) in [4.78, 5) is 17.0. The number of hydrogen-bond acceptors (Lipinski definition) is 3. The molecule has 0 aliphatic rings. The van der Waals surface area contributed by atoms with E-state index in [0.29, 0.717) is 5.69 Å². The first-order chi connectivity index (χ1) is 8.19. The van der Waals surface area contributed by atoms with Gasteiger partial charge in [-0.3, -0.25) is 0 Å². The van der Waals surface area contributed by atoms with Gasteiger partial charge in [0.1, 0.15) is 0 Å². The largest absolute Gasteiger partial charge is 0.448 e. The Kier molecular flexibility index (Phi) is 5.80. The van der Waals surface area contributed by atoms with Crippen LogP contribution in [0.4, 0.5) is 10.5 Å². The van der Waals surface area contributed by atoms with E-state index in [4.69, 9.17) is 16.0 Å². The van der Waals surface area contributed by atoms with Crippen LogP contribution in [-0.2, 0) is 9.57 Å². The van der Waals surface area contributed by atoms with E-state index < -0.39 is 10.2 Å². The van der Waals surface area contributed by atoms with Crippen molar-refractivity contribution in [2.45, 2.75) is 11.0 Å². The summed E-state index contributed by atoms with van der Waals surface area (Å²) in [5.41, 5.74) is 0.572. The molecular formula is C12H12INO3. The smallest absolute Gasteiger partial charge is 0.438 e. The van der Waals surface area contributed by atoms with E-state index in [1.165, 1.54) is 0 Å². The second-order valence-corrected chi connectivity index (χ2v) is 4.05. The van der Waals surface area contributed by atoms with Gasteiger partial charge in [-0.25, -0.2) is 9.63 Å². The minimum atomic E-state index is -0.587. The molecule has 17 heavy (non-hydrogen) atoms. The molecule has 1 rings (SSSR count). The van der Waals surface area contributed by atoms with Crippen LogP contribution in [0, 0.1) is 12.3 Å². The maximum absolute atomic E-state index is 11.7. The van der Waals surface area contributed by atoms with Gasteiger partial charge in [0, 0.05) is 0 Å². The highest BCUT2D eigenvalue weighted by Gasteiger charge is 2.20. The minimum absolute atomic E-state index is 0.271. The van der Waals surface area contributed by atoms with E-state index >= 15 is 0 Å². The van der Waals surface area contributed by atoms with E-state index in [1.807, 2.05) is 28.7 Å². The van der Waals surface area contributed by atoms with E-state index in [2.05, 4.69) is 5.92 Å². The third kappa shape index (κ3) is 4.24. The number of rotatable bonds is 4. The molecule has 0 saturated heterocycles. The van der Waals surface area contributed by atoms with Gasteiger partial charge in [-0.05, 0) is 41.6 Å². The number of hydrogen-bond donors (Lipinski definition) is 0. The van der Waals surface area contributed by atoms with Crippen molar-refractivity contribution in [3.63, 3.8) is 0 Å². The number of hydroxylamine groups is 1. The maximum atomic E-state index is 11.7. The first kappa shape index (κ1) is 13.8. The van der Waals surface area contributed by atoms with Gasteiger partial charge < -0.3 is 4.74 Å². The number of para-hydroxylation sites is 1. The zero-order valence-corrected chi connectivity index (χ0v) is 11.5. The molecule has 0 bridgehead atoms. The Hall–Kier alpha value is -1.26. The van der Waals surface area contributed by atoms with E-state index in [9.17, 15) is 4.79 Å². The predicted molar refractivity (Wildman–Crippen MR) is 73.7 cm³/mol. The first-order valence-corrected chi connectivity index (χ1v) is 6.22. The number of anilines is 1. The lowest BCUT2D eigenvalue weighted by atomic mass is 10.3. The van der Waals surface area contributed by atoms with Gasteiger partial charge in [-0.15, -0.1) is 6.42 Å². The fourth-order valence-corrected chi connectivity index (χ4v) is 1.31. The third-order valence-electron chi connectivity index (χ3n) is 1.75. The Labute approximate surface area is 114 Å². The van der Waals surface area contributed by atoms with Gasteiger partial charge in [0.2, 0.25) is 0 Å². The average molecular weight is 345 g/mol. The lowest BCUT2D eigenvalue weighted by Crippen LogP contribution is -2.33. The normalized spacial score (nSPS) is 11.4. The minimum Gasteiger partial charge on any atom is -0.448 e. The topological polar surface area (TPSA) is 38.8 Å². The van der Waals surface area contributed by atoms with Crippen molar-refractivity contribution < 1.29 is 14.4 Å². The third-order valence-corrected chi connectivity index (χ3v) is 2.34. The number of halogens is 1. The van der Waals surface area contributed by atoms with E-state index in [0.717, 1.165) is 5.06 Å². The van der Waals surface area contributed by atoms with Crippen molar-refractivity contribution in [2.24, 2.45) is 0 Å². The van der Waals surface area contributed by atoms with Gasteiger partial charge >= 0.3 is 6.09 Å². The number of carbonyl (C=O) groups excluding carboxylic acids is 1. The Morgan fingerprint density at radius 2 is 2.18 bits per heavy atom. The van der Waals surface area contributed by atoms with Crippen molar-refractivity contribution in [3.8, 4) is 12.3 Å². The molecule has 0 fully saturated rings. The summed E-state index contributed by atoms with van der Waals surface area (Å²) >= 11 is 1.90. The molecule has 1 amide bonds. The molecule has 1 aromatic rings. The first-order valence-electron chi connectivity index (χ1n) is 4.98. The standard InChI is InChI=1S/C12H12INO3/c1-3-11(13)17-14(12(15)16-4-2)10-8-6-5-7-9-10/h1,5-9,11H,4H2,2H3. The molecule has 0 saturated carbocycles. The molecule has 1 aromatic carbocycles. The second kappa shape index (κ2) is 7.14. The van der Waals surface area contributed by atoms with E-state index in [1.54, 1.807) is 31.2 Å². The summed E-state index contributed by atoms with van der Waals surface area (Å²) < 4.78 is 4.35. The van der Waals surface area contributed by atoms with Crippen LogP contribution >= 0.6 is 22.6 Å². The van der Waals surface area contributed by atoms with Crippen LogP contribution in [-0.4, -0.2) is 16.8 Å². The number of ether oxygens (including phenoxy) is 1. The van der Waals surface area contributed by atoms with Gasteiger partial charge in [-0.2, -0.15) is 5.06 Å². The summed E-state index contributed by atoms with van der Waals surface area (Å²) in [5.74, 6) is 2.38. The molecule has 4 nitrogen and oxygen atoms in total. The molecule has 5 heteroatoms. The molecule has 0 spiro atoms. The molecule has 0 radical (unpaired) electrons. The van der Waals surface area contributed by atoms with Crippen LogP contribution in [0.15, 0.2) is 30.3 Å². The Morgan fingerprint density at radius 3 is 2.71 bits per heavy atom. The SMILES string of the molecule is C#CC(I)ON(C(=O)OCC)c1ccccc1. The molecule has 0 aromatic heterocycles. The second-order valence-electron chi connectivity index (χ2n) is 2.92. The van der Waals surface area contributed by atoms with Gasteiger partial charge in [0.05, 0.1) is 12.3 Å². The Balaban J connectivity index is 2.87. The van der Waals surface area contributed by atoms with Crippen LogP contribution in [0.2, 0.25) is 0 Å². The fourth-order valence-electron chi connectivity index (χ4n) is 1.08. The average Bonchev–Trinajstić information content (AvgIpc) is 2.36. The molecule has 0 heterocycles. The van der Waals surface area contributed by atoms with Crippen molar-refractivity contribution in [3.05, 3.63) is 30.3 Å². The maximum Gasteiger partial charge on any atom is 0.438 e. The van der Waals surface area contributed by atoms with E-state index in [-0.39, 0.29) is 6.61 Å². The lowest BCUT2D eigenvalue weighted by Gasteiger charge is -2.21. The molecular weight excluding hydrogens is 333 g/mol. The molecule has 1 unspecified atom stereocenters. The molecule has 1 atom stereocenters. The summed E-state index contributed by atoms with van der Waals surface area (Å²) in [6, 6.07) is 8.90. The van der Waals surface area contributed by atoms with Crippen LogP contribution in [0.3, 0.4) is 0 Å². The summed E-state index contributed by atoms with van der Waals surface area (Å²) in [7, 11) is 0. The number of amides is 1.